The van der Waals surface area contributed by atoms with Gasteiger partial charge in [-0.25, -0.2) is 4.39 Å². The van der Waals surface area contributed by atoms with E-state index in [9.17, 15) is 14.0 Å². The first-order valence-corrected chi connectivity index (χ1v) is 7.73. The predicted octanol–water partition coefficient (Wildman–Crippen LogP) is 4.69. The Morgan fingerprint density at radius 1 is 1.08 bits per heavy atom. The molecule has 0 aromatic heterocycles. The van der Waals surface area contributed by atoms with Crippen LogP contribution < -0.4 is 4.74 Å². The van der Waals surface area contributed by atoms with Gasteiger partial charge in [0.25, 0.3) is 0 Å². The third kappa shape index (κ3) is 5.22. The van der Waals surface area contributed by atoms with E-state index in [1.54, 1.807) is 12.1 Å². The van der Waals surface area contributed by atoms with Crippen LogP contribution in [-0.2, 0) is 9.59 Å². The van der Waals surface area contributed by atoms with Gasteiger partial charge in [0.1, 0.15) is 11.6 Å². The number of carboxylic acids is 1. The number of carboxylic acid groups (broad SMARTS) is 1. The van der Waals surface area contributed by atoms with Crippen LogP contribution in [0.3, 0.4) is 0 Å². The van der Waals surface area contributed by atoms with Crippen LogP contribution in [-0.4, -0.2) is 17.0 Å². The van der Waals surface area contributed by atoms with Gasteiger partial charge in [-0.15, -0.1) is 0 Å². The van der Waals surface area contributed by atoms with Crippen LogP contribution in [0.5, 0.6) is 5.75 Å². The molecule has 4 nitrogen and oxygen atoms in total. The molecule has 126 valence electrons. The average molecular weight is 371 g/mol. The number of benzene rings is 2. The largest absolute Gasteiger partial charge is 0.481 e. The first kappa shape index (κ1) is 18.2. The van der Waals surface area contributed by atoms with E-state index in [1.165, 1.54) is 18.2 Å². The van der Waals surface area contributed by atoms with Crippen molar-refractivity contribution in [2.45, 2.75) is 18.8 Å². The molecule has 0 radical (unpaired) electrons. The van der Waals surface area contributed by atoms with Crippen molar-refractivity contribution >= 4 is 35.1 Å². The first-order chi connectivity index (χ1) is 11.3. The van der Waals surface area contributed by atoms with Gasteiger partial charge >= 0.3 is 11.9 Å². The minimum atomic E-state index is -1.07. The molecule has 2 aromatic carbocycles. The van der Waals surface area contributed by atoms with Gasteiger partial charge in [-0.2, -0.15) is 0 Å². The van der Waals surface area contributed by atoms with Crippen molar-refractivity contribution < 1.29 is 23.8 Å². The van der Waals surface area contributed by atoms with Gasteiger partial charge in [-0.3, -0.25) is 9.59 Å². The van der Waals surface area contributed by atoms with E-state index in [4.69, 9.17) is 33.0 Å². The van der Waals surface area contributed by atoms with E-state index >= 15 is 0 Å². The minimum absolute atomic E-state index is 0.178. The van der Waals surface area contributed by atoms with Gasteiger partial charge in [0.05, 0.1) is 12.8 Å². The van der Waals surface area contributed by atoms with Crippen LogP contribution in [0.1, 0.15) is 24.3 Å². The van der Waals surface area contributed by atoms with Crippen molar-refractivity contribution in [1.82, 2.24) is 0 Å². The van der Waals surface area contributed by atoms with Crippen LogP contribution in [0.2, 0.25) is 10.0 Å². The van der Waals surface area contributed by atoms with Gasteiger partial charge in [0, 0.05) is 16.0 Å². The second-order valence-corrected chi connectivity index (χ2v) is 5.94. The number of esters is 1. The van der Waals surface area contributed by atoms with Crippen molar-refractivity contribution in [3.63, 3.8) is 0 Å². The quantitative estimate of drug-likeness (QED) is 0.591. The lowest BCUT2D eigenvalue weighted by Gasteiger charge is -2.16. The topological polar surface area (TPSA) is 63.6 Å². The van der Waals surface area contributed by atoms with Gasteiger partial charge in [0.2, 0.25) is 0 Å². The maximum Gasteiger partial charge on any atom is 0.311 e. The van der Waals surface area contributed by atoms with Crippen molar-refractivity contribution in [2.24, 2.45) is 0 Å². The van der Waals surface area contributed by atoms with E-state index in [-0.39, 0.29) is 23.6 Å². The summed E-state index contributed by atoms with van der Waals surface area (Å²) in [7, 11) is 0. The Kier molecular flexibility index (Phi) is 6.17. The molecule has 0 aliphatic rings. The molecule has 1 atom stereocenters. The summed E-state index contributed by atoms with van der Waals surface area (Å²) >= 11 is 11.9. The number of aliphatic carboxylic acids is 1. The molecule has 2 aromatic rings. The number of carbonyl (C=O) groups excluding carboxylic acids is 1. The van der Waals surface area contributed by atoms with Crippen molar-refractivity contribution in [2.75, 3.05) is 0 Å². The zero-order valence-corrected chi connectivity index (χ0v) is 13.9. The number of hydrogen-bond donors (Lipinski definition) is 1. The number of halogens is 3. The van der Waals surface area contributed by atoms with Gasteiger partial charge < -0.3 is 9.84 Å². The fourth-order valence-electron chi connectivity index (χ4n) is 2.21. The normalized spacial score (nSPS) is 11.8. The lowest BCUT2D eigenvalue weighted by Crippen LogP contribution is -2.16. The molecule has 0 fully saturated rings. The Balaban J connectivity index is 2.14. The van der Waals surface area contributed by atoms with Crippen molar-refractivity contribution in [3.8, 4) is 5.75 Å². The highest BCUT2D eigenvalue weighted by Gasteiger charge is 2.23. The molecule has 0 saturated carbocycles. The monoisotopic (exact) mass is 370 g/mol. The standard InChI is InChI=1S/C17H13Cl2FO4/c18-11-1-6-14(15(19)9-11)10(7-16(21)22)8-17(23)24-13-4-2-12(20)3-5-13/h1-6,9-10H,7-8H2,(H,21,22)/t10-/m0/s1. The smallest absolute Gasteiger partial charge is 0.311 e. The van der Waals surface area contributed by atoms with E-state index in [1.807, 2.05) is 0 Å². The predicted molar refractivity (Wildman–Crippen MR) is 88.1 cm³/mol. The molecule has 7 heteroatoms. The fourth-order valence-corrected chi connectivity index (χ4v) is 2.78. The highest BCUT2D eigenvalue weighted by atomic mass is 35.5. The van der Waals surface area contributed by atoms with Gasteiger partial charge in [0.15, 0.2) is 0 Å². The third-order valence-electron chi connectivity index (χ3n) is 3.28. The van der Waals surface area contributed by atoms with Gasteiger partial charge in [-0.05, 0) is 42.0 Å². The van der Waals surface area contributed by atoms with E-state index in [0.717, 1.165) is 12.1 Å². The number of rotatable bonds is 6. The molecule has 2 rings (SSSR count). The maximum absolute atomic E-state index is 12.8. The van der Waals surface area contributed by atoms with Gasteiger partial charge in [-0.1, -0.05) is 29.3 Å². The Hall–Kier alpha value is -2.11. The van der Waals surface area contributed by atoms with Crippen LogP contribution in [0.4, 0.5) is 4.39 Å². The molecule has 0 aliphatic carbocycles. The van der Waals surface area contributed by atoms with Crippen LogP contribution >= 0.6 is 23.2 Å². The van der Waals surface area contributed by atoms with E-state index in [2.05, 4.69) is 0 Å². The zero-order valence-electron chi connectivity index (χ0n) is 12.3. The summed E-state index contributed by atoms with van der Waals surface area (Å²) in [4.78, 5) is 23.1. The van der Waals surface area contributed by atoms with Crippen molar-refractivity contribution in [3.05, 3.63) is 63.9 Å². The number of hydrogen-bond acceptors (Lipinski definition) is 3. The summed E-state index contributed by atoms with van der Waals surface area (Å²) in [6.45, 7) is 0. The van der Waals surface area contributed by atoms with Crippen molar-refractivity contribution in [1.29, 1.82) is 0 Å². The maximum atomic E-state index is 12.8. The van der Waals surface area contributed by atoms with E-state index < -0.39 is 23.7 Å². The Morgan fingerprint density at radius 3 is 2.33 bits per heavy atom. The van der Waals surface area contributed by atoms with Crippen LogP contribution in [0.15, 0.2) is 42.5 Å². The molecular formula is C17H13Cl2FO4. The molecule has 0 heterocycles. The summed E-state index contributed by atoms with van der Waals surface area (Å²) in [5.74, 6) is -2.65. The molecule has 0 aliphatic heterocycles. The summed E-state index contributed by atoms with van der Waals surface area (Å²) in [6, 6.07) is 9.59. The fraction of sp³-hybridized carbons (Fsp3) is 0.176. The first-order valence-electron chi connectivity index (χ1n) is 6.98. The Morgan fingerprint density at radius 2 is 1.75 bits per heavy atom. The lowest BCUT2D eigenvalue weighted by molar-refractivity contribution is -0.138. The highest BCUT2D eigenvalue weighted by molar-refractivity contribution is 6.35. The number of ether oxygens (including phenoxy) is 1. The summed E-state index contributed by atoms with van der Waals surface area (Å²) in [6.07, 6.45) is -0.481. The third-order valence-corrected chi connectivity index (χ3v) is 3.84. The Labute approximate surface area is 147 Å². The molecular weight excluding hydrogens is 358 g/mol. The lowest BCUT2D eigenvalue weighted by atomic mass is 9.92. The second-order valence-electron chi connectivity index (χ2n) is 5.09. The second kappa shape index (κ2) is 8.13. The molecule has 0 spiro atoms. The highest BCUT2D eigenvalue weighted by Crippen LogP contribution is 2.32. The molecule has 0 unspecified atom stereocenters. The molecule has 24 heavy (non-hydrogen) atoms. The summed E-state index contributed by atoms with van der Waals surface area (Å²) in [5, 5.41) is 9.75. The molecule has 0 amide bonds. The SMILES string of the molecule is O=C(O)C[C@@H](CC(=O)Oc1ccc(F)cc1)c1ccc(Cl)cc1Cl. The molecule has 0 saturated heterocycles. The average Bonchev–Trinajstić information content (AvgIpc) is 2.48. The minimum Gasteiger partial charge on any atom is -0.481 e. The summed E-state index contributed by atoms with van der Waals surface area (Å²) in [5.41, 5.74) is 0.500. The zero-order chi connectivity index (χ0) is 17.7. The van der Waals surface area contributed by atoms with Crippen LogP contribution in [0.25, 0.3) is 0 Å². The molecule has 0 bridgehead atoms. The molecule has 1 N–H and O–H groups in total. The number of carbonyl (C=O) groups is 2. The van der Waals surface area contributed by atoms with E-state index in [0.29, 0.717) is 10.6 Å². The Bertz CT molecular complexity index is 747. The van der Waals surface area contributed by atoms with Crippen LogP contribution in [0, 0.1) is 5.82 Å². The summed E-state index contributed by atoms with van der Waals surface area (Å²) < 4.78 is 17.9.